The second-order valence-electron chi connectivity index (χ2n) is 4.41. The van der Waals surface area contributed by atoms with E-state index in [1.807, 2.05) is 6.07 Å². The molecule has 0 saturated heterocycles. The second-order valence-corrected chi connectivity index (χ2v) is 4.41. The van der Waals surface area contributed by atoms with Crippen LogP contribution >= 0.6 is 0 Å². The van der Waals surface area contributed by atoms with Gasteiger partial charge in [-0.3, -0.25) is 10.4 Å². The van der Waals surface area contributed by atoms with E-state index in [1.54, 1.807) is 12.3 Å². The van der Waals surface area contributed by atoms with Crippen molar-refractivity contribution in [3.05, 3.63) is 24.0 Å². The van der Waals surface area contributed by atoms with Gasteiger partial charge in [0.15, 0.2) is 0 Å². The third kappa shape index (κ3) is 2.72. The molecule has 0 aliphatic carbocycles. The predicted molar refractivity (Wildman–Crippen MR) is 68.0 cm³/mol. The first-order valence-electron chi connectivity index (χ1n) is 5.46. The Labute approximate surface area is 97.0 Å². The average Bonchev–Trinajstić information content (AvgIpc) is 2.27. The molecule has 0 amide bonds. The van der Waals surface area contributed by atoms with Crippen LogP contribution in [0.1, 0.15) is 26.5 Å². The zero-order chi connectivity index (χ0) is 12.3. The number of pyridine rings is 1. The van der Waals surface area contributed by atoms with Crippen LogP contribution in [0.2, 0.25) is 0 Å². The first-order valence-corrected chi connectivity index (χ1v) is 5.46. The molecule has 1 unspecified atom stereocenters. The normalized spacial score (nSPS) is 12.6. The molecule has 0 aliphatic heterocycles. The number of hydrogen-bond acceptors (Lipinski definition) is 3. The Balaban J connectivity index is 2.85. The van der Waals surface area contributed by atoms with E-state index in [1.165, 1.54) is 0 Å². The van der Waals surface area contributed by atoms with Gasteiger partial charge in [-0.15, -0.1) is 0 Å². The lowest BCUT2D eigenvalue weighted by Gasteiger charge is -2.29. The van der Waals surface area contributed by atoms with E-state index in [0.29, 0.717) is 17.7 Å². The monoisotopic (exact) mass is 220 g/mol. The molecular formula is C12H20N4. The Morgan fingerprint density at radius 1 is 1.38 bits per heavy atom. The zero-order valence-electron chi connectivity index (χ0n) is 10.4. The van der Waals surface area contributed by atoms with Crippen molar-refractivity contribution in [1.82, 2.24) is 4.98 Å². The van der Waals surface area contributed by atoms with Crippen molar-refractivity contribution >= 4 is 11.5 Å². The third-order valence-corrected chi connectivity index (χ3v) is 3.01. The van der Waals surface area contributed by atoms with Crippen molar-refractivity contribution in [3.63, 3.8) is 0 Å². The highest BCUT2D eigenvalue weighted by atomic mass is 15.1. The number of hydrogen-bond donors (Lipinski definition) is 2. The van der Waals surface area contributed by atoms with E-state index < -0.39 is 0 Å². The predicted octanol–water partition coefficient (Wildman–Crippen LogP) is 1.85. The van der Waals surface area contributed by atoms with Crippen LogP contribution in [0.4, 0.5) is 5.69 Å². The highest BCUT2D eigenvalue weighted by Crippen LogP contribution is 2.18. The van der Waals surface area contributed by atoms with Crippen molar-refractivity contribution in [2.45, 2.75) is 26.8 Å². The fourth-order valence-electron chi connectivity index (χ4n) is 1.44. The van der Waals surface area contributed by atoms with Crippen molar-refractivity contribution in [2.75, 3.05) is 11.9 Å². The average molecular weight is 220 g/mol. The number of anilines is 1. The van der Waals surface area contributed by atoms with Crippen LogP contribution in [0.25, 0.3) is 0 Å². The van der Waals surface area contributed by atoms with Crippen LogP contribution in [0.15, 0.2) is 18.3 Å². The zero-order valence-corrected chi connectivity index (χ0v) is 10.4. The van der Waals surface area contributed by atoms with E-state index in [2.05, 4.69) is 37.7 Å². The molecule has 1 heterocycles. The number of rotatable bonds is 4. The topological polar surface area (TPSA) is 66.0 Å². The fraction of sp³-hybridized carbons (Fsp3) is 0.500. The minimum atomic E-state index is 0.00566. The summed E-state index contributed by atoms with van der Waals surface area (Å²) in [5.74, 6) is 0.587. The Morgan fingerprint density at radius 2 is 2.00 bits per heavy atom. The van der Waals surface area contributed by atoms with E-state index in [0.717, 1.165) is 5.69 Å². The maximum Gasteiger partial charge on any atom is 0.141 e. The second kappa shape index (κ2) is 4.96. The highest BCUT2D eigenvalue weighted by molar-refractivity contribution is 5.93. The van der Waals surface area contributed by atoms with Gasteiger partial charge in [-0.1, -0.05) is 13.8 Å². The maximum absolute atomic E-state index is 7.27. The highest BCUT2D eigenvalue weighted by Gasteiger charge is 2.13. The van der Waals surface area contributed by atoms with Gasteiger partial charge in [0.1, 0.15) is 11.5 Å². The smallest absolute Gasteiger partial charge is 0.141 e. The Bertz CT molecular complexity index is 356. The van der Waals surface area contributed by atoms with Gasteiger partial charge < -0.3 is 10.6 Å². The molecule has 3 N–H and O–H groups in total. The maximum atomic E-state index is 7.27. The standard InChI is InChI=1S/C12H20N4/c1-8(2)9(3)16(4)10-5-6-11(12(13)14)15-7-10/h5-9H,1-4H3,(H3,13,14). The molecule has 0 saturated carbocycles. The SMILES string of the molecule is CC(C)C(C)N(C)c1ccc(C(=N)N)nc1. The van der Waals surface area contributed by atoms with Crippen LogP contribution in [-0.4, -0.2) is 23.9 Å². The van der Waals surface area contributed by atoms with E-state index in [9.17, 15) is 0 Å². The molecule has 0 spiro atoms. The lowest BCUT2D eigenvalue weighted by Crippen LogP contribution is -2.33. The van der Waals surface area contributed by atoms with Gasteiger partial charge in [-0.2, -0.15) is 0 Å². The summed E-state index contributed by atoms with van der Waals surface area (Å²) in [4.78, 5) is 6.33. The van der Waals surface area contributed by atoms with Gasteiger partial charge in [0, 0.05) is 13.1 Å². The van der Waals surface area contributed by atoms with Crippen molar-refractivity contribution < 1.29 is 0 Å². The van der Waals surface area contributed by atoms with Gasteiger partial charge in [0.05, 0.1) is 11.9 Å². The summed E-state index contributed by atoms with van der Waals surface area (Å²) in [5.41, 5.74) is 6.93. The lowest BCUT2D eigenvalue weighted by atomic mass is 10.0. The van der Waals surface area contributed by atoms with Gasteiger partial charge in [0.2, 0.25) is 0 Å². The van der Waals surface area contributed by atoms with Crippen LogP contribution in [0.3, 0.4) is 0 Å². The number of nitrogens with two attached hydrogens (primary N) is 1. The van der Waals surface area contributed by atoms with Crippen LogP contribution in [-0.2, 0) is 0 Å². The molecule has 1 atom stereocenters. The summed E-state index contributed by atoms with van der Waals surface area (Å²) in [5, 5.41) is 7.27. The van der Waals surface area contributed by atoms with Crippen LogP contribution < -0.4 is 10.6 Å². The first-order chi connectivity index (χ1) is 7.43. The Morgan fingerprint density at radius 3 is 2.38 bits per heavy atom. The molecular weight excluding hydrogens is 200 g/mol. The summed E-state index contributed by atoms with van der Waals surface area (Å²) in [7, 11) is 2.05. The molecule has 88 valence electrons. The number of amidine groups is 1. The quantitative estimate of drug-likeness (QED) is 0.601. The number of nitrogens with one attached hydrogen (secondary N) is 1. The fourth-order valence-corrected chi connectivity index (χ4v) is 1.44. The van der Waals surface area contributed by atoms with Crippen molar-refractivity contribution in [2.24, 2.45) is 11.7 Å². The minimum absolute atomic E-state index is 0.00566. The van der Waals surface area contributed by atoms with E-state index in [-0.39, 0.29) is 5.84 Å². The van der Waals surface area contributed by atoms with Gasteiger partial charge in [-0.25, -0.2) is 0 Å². The molecule has 16 heavy (non-hydrogen) atoms. The molecule has 0 bridgehead atoms. The van der Waals surface area contributed by atoms with Gasteiger partial charge in [-0.05, 0) is 25.0 Å². The molecule has 4 heteroatoms. The molecule has 1 aromatic heterocycles. The summed E-state index contributed by atoms with van der Waals surface area (Å²) in [6.45, 7) is 6.57. The molecule has 4 nitrogen and oxygen atoms in total. The van der Waals surface area contributed by atoms with Gasteiger partial charge in [0.25, 0.3) is 0 Å². The largest absolute Gasteiger partial charge is 0.382 e. The molecule has 0 aliphatic rings. The summed E-state index contributed by atoms with van der Waals surface area (Å²) in [6, 6.07) is 4.18. The van der Waals surface area contributed by atoms with Crippen LogP contribution in [0.5, 0.6) is 0 Å². The third-order valence-electron chi connectivity index (χ3n) is 3.01. The lowest BCUT2D eigenvalue weighted by molar-refractivity contribution is 0.505. The van der Waals surface area contributed by atoms with Crippen LogP contribution in [0, 0.1) is 11.3 Å². The molecule has 0 radical (unpaired) electrons. The molecule has 0 aromatic carbocycles. The number of nitrogens with zero attached hydrogens (tertiary/aromatic N) is 2. The first kappa shape index (κ1) is 12.5. The summed E-state index contributed by atoms with van der Waals surface area (Å²) >= 11 is 0. The summed E-state index contributed by atoms with van der Waals surface area (Å²) in [6.07, 6.45) is 1.76. The Kier molecular flexibility index (Phi) is 3.88. The van der Waals surface area contributed by atoms with Crippen molar-refractivity contribution in [3.8, 4) is 0 Å². The molecule has 0 fully saturated rings. The van der Waals surface area contributed by atoms with E-state index >= 15 is 0 Å². The summed E-state index contributed by atoms with van der Waals surface area (Å²) < 4.78 is 0. The number of nitrogen functional groups attached to an aromatic ring is 1. The molecule has 1 rings (SSSR count). The van der Waals surface area contributed by atoms with Crippen molar-refractivity contribution in [1.29, 1.82) is 5.41 Å². The van der Waals surface area contributed by atoms with E-state index in [4.69, 9.17) is 11.1 Å². The Hall–Kier alpha value is -1.58. The minimum Gasteiger partial charge on any atom is -0.382 e. The number of aromatic nitrogens is 1. The van der Waals surface area contributed by atoms with Gasteiger partial charge >= 0.3 is 0 Å². The molecule has 1 aromatic rings.